The van der Waals surface area contributed by atoms with Crippen LogP contribution in [0.3, 0.4) is 0 Å². The Morgan fingerprint density at radius 1 is 1.05 bits per heavy atom. The summed E-state index contributed by atoms with van der Waals surface area (Å²) in [7, 11) is -3.02. The lowest BCUT2D eigenvalue weighted by Crippen LogP contribution is -2.28. The second-order valence-corrected chi connectivity index (χ2v) is 14.6. The number of anilines is 2. The highest BCUT2D eigenvalue weighted by Gasteiger charge is 2.15. The Bertz CT molecular complexity index is 1850. The van der Waals surface area contributed by atoms with E-state index < -0.39 is 9.84 Å². The van der Waals surface area contributed by atoms with Crippen molar-refractivity contribution in [2.45, 2.75) is 38.5 Å². The van der Waals surface area contributed by atoms with Crippen LogP contribution in [0.5, 0.6) is 5.75 Å². The molecular weight excluding hydrogens is 621 g/mol. The van der Waals surface area contributed by atoms with Crippen LogP contribution in [-0.2, 0) is 22.9 Å². The number of hydrogen-bond acceptors (Lipinski definition) is 9. The van der Waals surface area contributed by atoms with Crippen molar-refractivity contribution in [3.8, 4) is 17.0 Å². The minimum atomic E-state index is -3.02. The van der Waals surface area contributed by atoms with Crippen molar-refractivity contribution in [2.24, 2.45) is 0 Å². The van der Waals surface area contributed by atoms with Crippen molar-refractivity contribution in [3.63, 3.8) is 0 Å². The van der Waals surface area contributed by atoms with E-state index in [1.54, 1.807) is 49.4 Å². The third kappa shape index (κ3) is 8.29. The van der Waals surface area contributed by atoms with Crippen molar-refractivity contribution in [1.29, 1.82) is 0 Å². The quantitative estimate of drug-likeness (QED) is 0.121. The summed E-state index contributed by atoms with van der Waals surface area (Å²) in [6, 6.07) is 17.6. The molecule has 12 heteroatoms. The molecule has 0 radical (unpaired) electrons. The minimum absolute atomic E-state index is 0.152. The van der Waals surface area contributed by atoms with E-state index in [9.17, 15) is 12.8 Å². The van der Waals surface area contributed by atoms with Gasteiger partial charge in [0.25, 0.3) is 0 Å². The standard InChI is InChI=1S/C32H33ClFN5O3S2/c1-21(2)44(40,41)14-13-35-12-4-7-31-39-29(19-43-31)23-8-10-28-26(16-23)32(37-20-36-28)38-25-9-11-30(27(33)17-25)42-18-22-5-3-6-24(34)15-22/h3,5-6,8-11,15-17,19-21,35H,4,7,12-14,18H2,1-2H3,(H,36,37,38). The summed E-state index contributed by atoms with van der Waals surface area (Å²) < 4.78 is 43.1. The Morgan fingerprint density at radius 2 is 1.91 bits per heavy atom. The molecule has 230 valence electrons. The van der Waals surface area contributed by atoms with Crippen LogP contribution in [-0.4, -0.2) is 47.5 Å². The van der Waals surface area contributed by atoms with Crippen molar-refractivity contribution >= 4 is 55.2 Å². The molecule has 44 heavy (non-hydrogen) atoms. The molecule has 3 aromatic carbocycles. The fourth-order valence-electron chi connectivity index (χ4n) is 4.43. The van der Waals surface area contributed by atoms with Crippen LogP contribution in [0.1, 0.15) is 30.8 Å². The average molecular weight is 654 g/mol. The Morgan fingerprint density at radius 3 is 2.70 bits per heavy atom. The molecule has 8 nitrogen and oxygen atoms in total. The summed E-state index contributed by atoms with van der Waals surface area (Å²) in [5, 5.41) is 10.5. The molecule has 0 amide bonds. The van der Waals surface area contributed by atoms with Gasteiger partial charge in [0.15, 0.2) is 9.84 Å². The van der Waals surface area contributed by atoms with Crippen molar-refractivity contribution in [1.82, 2.24) is 20.3 Å². The SMILES string of the molecule is CC(C)S(=O)(=O)CCNCCCc1nc(-c2ccc3ncnc(Nc4ccc(OCc5cccc(F)c5)c(Cl)c4)c3c2)cs1. The predicted octanol–water partition coefficient (Wildman–Crippen LogP) is 7.21. The van der Waals surface area contributed by atoms with Crippen LogP contribution in [0.25, 0.3) is 22.2 Å². The first-order valence-corrected chi connectivity index (χ1v) is 17.2. The lowest BCUT2D eigenvalue weighted by Gasteiger charge is -2.12. The van der Waals surface area contributed by atoms with Gasteiger partial charge in [0.2, 0.25) is 0 Å². The summed E-state index contributed by atoms with van der Waals surface area (Å²) in [5.41, 5.74) is 4.05. The lowest BCUT2D eigenvalue weighted by molar-refractivity contribution is 0.306. The van der Waals surface area contributed by atoms with Crippen molar-refractivity contribution < 1.29 is 17.5 Å². The summed E-state index contributed by atoms with van der Waals surface area (Å²) in [5.74, 6) is 0.956. The van der Waals surface area contributed by atoms with Crippen molar-refractivity contribution in [2.75, 3.05) is 24.2 Å². The van der Waals surface area contributed by atoms with Crippen LogP contribution < -0.4 is 15.4 Å². The number of sulfone groups is 1. The first-order chi connectivity index (χ1) is 21.2. The molecule has 0 spiro atoms. The number of halogens is 2. The van der Waals surface area contributed by atoms with E-state index in [0.29, 0.717) is 28.7 Å². The van der Waals surface area contributed by atoms with E-state index in [1.807, 2.05) is 29.6 Å². The predicted molar refractivity (Wildman–Crippen MR) is 176 cm³/mol. The van der Waals surface area contributed by atoms with Crippen molar-refractivity contribution in [3.05, 3.63) is 93.8 Å². The molecule has 5 rings (SSSR count). The fourth-order valence-corrected chi connectivity index (χ4v) is 6.42. The number of benzene rings is 3. The van der Waals surface area contributed by atoms with Gasteiger partial charge < -0.3 is 15.4 Å². The summed E-state index contributed by atoms with van der Waals surface area (Å²) in [4.78, 5) is 13.7. The lowest BCUT2D eigenvalue weighted by atomic mass is 10.1. The van der Waals surface area contributed by atoms with Crippen LogP contribution >= 0.6 is 22.9 Å². The topological polar surface area (TPSA) is 106 Å². The van der Waals surface area contributed by atoms with E-state index in [1.165, 1.54) is 18.5 Å². The molecule has 2 N–H and O–H groups in total. The highest BCUT2D eigenvalue weighted by molar-refractivity contribution is 7.92. The van der Waals surface area contributed by atoms with Gasteiger partial charge >= 0.3 is 0 Å². The highest BCUT2D eigenvalue weighted by Crippen LogP contribution is 2.32. The number of aromatic nitrogens is 3. The zero-order valence-corrected chi connectivity index (χ0v) is 26.8. The molecular formula is C32H33ClFN5O3S2. The summed E-state index contributed by atoms with van der Waals surface area (Å²) >= 11 is 8.11. The molecule has 5 aromatic rings. The molecule has 0 atom stereocenters. The van der Waals surface area contributed by atoms with Crippen LogP contribution in [0.2, 0.25) is 5.02 Å². The molecule has 2 aromatic heterocycles. The van der Waals surface area contributed by atoms with E-state index in [4.69, 9.17) is 21.3 Å². The normalized spacial score (nSPS) is 11.8. The number of ether oxygens (including phenoxy) is 1. The molecule has 0 aliphatic carbocycles. The average Bonchev–Trinajstić information content (AvgIpc) is 3.47. The van der Waals surface area contributed by atoms with Gasteiger partial charge in [-0.25, -0.2) is 27.8 Å². The second kappa shape index (κ2) is 14.4. The van der Waals surface area contributed by atoms with Gasteiger partial charge in [-0.15, -0.1) is 11.3 Å². The molecule has 0 aliphatic rings. The maximum Gasteiger partial charge on any atom is 0.153 e. The zero-order chi connectivity index (χ0) is 31.1. The van der Waals surface area contributed by atoms with E-state index in [0.717, 1.165) is 52.2 Å². The Kier molecular flexibility index (Phi) is 10.4. The molecule has 2 heterocycles. The first-order valence-electron chi connectivity index (χ1n) is 14.2. The minimum Gasteiger partial charge on any atom is -0.487 e. The van der Waals surface area contributed by atoms with Crippen LogP contribution in [0, 0.1) is 5.82 Å². The van der Waals surface area contributed by atoms with E-state index in [-0.39, 0.29) is 23.4 Å². The number of fused-ring (bicyclic) bond motifs is 1. The number of aryl methyl sites for hydroxylation is 1. The van der Waals surface area contributed by atoms with Gasteiger partial charge in [-0.3, -0.25) is 0 Å². The van der Waals surface area contributed by atoms with Gasteiger partial charge in [0.05, 0.1) is 32.2 Å². The number of hydrogen-bond donors (Lipinski definition) is 2. The number of rotatable bonds is 14. The zero-order valence-electron chi connectivity index (χ0n) is 24.4. The molecule has 0 bridgehead atoms. The Hall–Kier alpha value is -3.64. The van der Waals surface area contributed by atoms with E-state index >= 15 is 0 Å². The first kappa shape index (κ1) is 31.8. The molecule has 0 unspecified atom stereocenters. The molecule has 0 aliphatic heterocycles. The van der Waals surface area contributed by atoms with Gasteiger partial charge in [-0.05, 0) is 74.8 Å². The third-order valence-corrected chi connectivity index (χ3v) is 10.4. The monoisotopic (exact) mass is 653 g/mol. The smallest absolute Gasteiger partial charge is 0.153 e. The number of thiazole rings is 1. The largest absolute Gasteiger partial charge is 0.487 e. The van der Waals surface area contributed by atoms with Gasteiger partial charge in [0, 0.05) is 35.0 Å². The fraction of sp³-hybridized carbons (Fsp3) is 0.281. The second-order valence-electron chi connectivity index (χ2n) is 10.5. The maximum absolute atomic E-state index is 13.5. The van der Waals surface area contributed by atoms with Crippen LogP contribution in [0.15, 0.2) is 72.4 Å². The summed E-state index contributed by atoms with van der Waals surface area (Å²) in [6.45, 7) is 4.80. The number of nitrogens with one attached hydrogen (secondary N) is 2. The maximum atomic E-state index is 13.5. The molecule has 0 saturated heterocycles. The Labute approximate surface area is 265 Å². The third-order valence-electron chi connectivity index (χ3n) is 6.99. The summed E-state index contributed by atoms with van der Waals surface area (Å²) in [6.07, 6.45) is 3.18. The molecule has 0 fully saturated rings. The van der Waals surface area contributed by atoms with Gasteiger partial charge in [-0.2, -0.15) is 0 Å². The number of nitrogens with zero attached hydrogens (tertiary/aromatic N) is 3. The highest BCUT2D eigenvalue weighted by atomic mass is 35.5. The van der Waals surface area contributed by atoms with E-state index in [2.05, 4.69) is 20.6 Å². The van der Waals surface area contributed by atoms with Gasteiger partial charge in [-0.1, -0.05) is 29.8 Å². The van der Waals surface area contributed by atoms with Crippen LogP contribution in [0.4, 0.5) is 15.9 Å². The molecule has 0 saturated carbocycles. The Balaban J connectivity index is 1.21. The van der Waals surface area contributed by atoms with Gasteiger partial charge in [0.1, 0.15) is 30.3 Å².